The van der Waals surface area contributed by atoms with E-state index in [1.54, 1.807) is 0 Å². The molecular weight excluding hydrogens is 204 g/mol. The van der Waals surface area contributed by atoms with Gasteiger partial charge in [0, 0.05) is 12.5 Å². The third kappa shape index (κ3) is 4.94. The summed E-state index contributed by atoms with van der Waals surface area (Å²) in [5.74, 6) is 0.236. The van der Waals surface area contributed by atoms with Gasteiger partial charge in [-0.25, -0.2) is 0 Å². The second-order valence-corrected chi connectivity index (χ2v) is 4.93. The summed E-state index contributed by atoms with van der Waals surface area (Å²) in [4.78, 5) is 10.6. The number of hydrogen-bond acceptors (Lipinski definition) is 3. The molecule has 0 bridgehead atoms. The molecule has 1 aliphatic carbocycles. The van der Waals surface area contributed by atoms with E-state index in [4.69, 9.17) is 5.73 Å². The largest absolute Gasteiger partial charge is 0.393 e. The number of carbonyl (C=O) groups excluding carboxylic acids is 1. The number of aliphatic hydroxyl groups is 1. The van der Waals surface area contributed by atoms with E-state index in [0.29, 0.717) is 12.3 Å². The summed E-state index contributed by atoms with van der Waals surface area (Å²) in [5.41, 5.74) is 5.10. The van der Waals surface area contributed by atoms with Gasteiger partial charge in [-0.15, -0.1) is 0 Å². The molecule has 4 heteroatoms. The SMILES string of the molecule is CC(CC(N)=O)NCCCC1CCCC1O. The van der Waals surface area contributed by atoms with Gasteiger partial charge in [-0.3, -0.25) is 4.79 Å². The van der Waals surface area contributed by atoms with Crippen LogP contribution in [-0.2, 0) is 4.79 Å². The van der Waals surface area contributed by atoms with E-state index in [1.807, 2.05) is 6.92 Å². The van der Waals surface area contributed by atoms with Gasteiger partial charge in [0.1, 0.15) is 0 Å². The predicted octanol–water partition coefficient (Wildman–Crippen LogP) is 0.781. The Morgan fingerprint density at radius 3 is 2.88 bits per heavy atom. The van der Waals surface area contributed by atoms with Crippen LogP contribution in [0.2, 0.25) is 0 Å². The standard InChI is InChI=1S/C12H24N2O2/c1-9(8-12(13)16)14-7-3-5-10-4-2-6-11(10)15/h9-11,14-15H,2-8H2,1H3,(H2,13,16). The molecular formula is C12H24N2O2. The molecule has 0 aromatic carbocycles. The number of primary amides is 1. The first-order valence-electron chi connectivity index (χ1n) is 6.29. The van der Waals surface area contributed by atoms with E-state index in [1.165, 1.54) is 0 Å². The van der Waals surface area contributed by atoms with E-state index in [0.717, 1.165) is 38.6 Å². The highest BCUT2D eigenvalue weighted by Gasteiger charge is 2.24. The Balaban J connectivity index is 2.01. The summed E-state index contributed by atoms with van der Waals surface area (Å²) in [6.45, 7) is 2.87. The number of amides is 1. The number of carbonyl (C=O) groups is 1. The van der Waals surface area contributed by atoms with E-state index in [2.05, 4.69) is 5.32 Å². The summed E-state index contributed by atoms with van der Waals surface area (Å²) in [6, 6.07) is 0.158. The smallest absolute Gasteiger partial charge is 0.218 e. The molecule has 0 heterocycles. The van der Waals surface area contributed by atoms with Crippen LogP contribution in [0, 0.1) is 5.92 Å². The Labute approximate surface area is 97.6 Å². The summed E-state index contributed by atoms with van der Waals surface area (Å²) in [5, 5.41) is 12.9. The normalized spacial score (nSPS) is 26.9. The summed E-state index contributed by atoms with van der Waals surface area (Å²) >= 11 is 0. The Bertz CT molecular complexity index is 221. The fourth-order valence-electron chi connectivity index (χ4n) is 2.44. The Morgan fingerprint density at radius 2 is 2.31 bits per heavy atom. The quantitative estimate of drug-likeness (QED) is 0.564. The summed E-state index contributed by atoms with van der Waals surface area (Å²) < 4.78 is 0. The van der Waals surface area contributed by atoms with Crippen LogP contribution in [0.1, 0.15) is 45.4 Å². The molecule has 4 nitrogen and oxygen atoms in total. The van der Waals surface area contributed by atoms with Gasteiger partial charge in [-0.1, -0.05) is 6.42 Å². The monoisotopic (exact) mass is 228 g/mol. The van der Waals surface area contributed by atoms with E-state index >= 15 is 0 Å². The fourth-order valence-corrected chi connectivity index (χ4v) is 2.44. The van der Waals surface area contributed by atoms with Crippen LogP contribution < -0.4 is 11.1 Å². The molecule has 4 N–H and O–H groups in total. The zero-order valence-corrected chi connectivity index (χ0v) is 10.1. The Hall–Kier alpha value is -0.610. The van der Waals surface area contributed by atoms with Crippen LogP contribution >= 0.6 is 0 Å². The highest BCUT2D eigenvalue weighted by atomic mass is 16.3. The lowest BCUT2D eigenvalue weighted by atomic mass is 9.99. The Morgan fingerprint density at radius 1 is 1.56 bits per heavy atom. The van der Waals surface area contributed by atoms with Crippen molar-refractivity contribution in [3.63, 3.8) is 0 Å². The van der Waals surface area contributed by atoms with Gasteiger partial charge < -0.3 is 16.2 Å². The topological polar surface area (TPSA) is 75.4 Å². The van der Waals surface area contributed by atoms with Crippen LogP contribution in [0.4, 0.5) is 0 Å². The molecule has 3 unspecified atom stereocenters. The van der Waals surface area contributed by atoms with Crippen LogP contribution in [0.15, 0.2) is 0 Å². The maximum Gasteiger partial charge on any atom is 0.218 e. The minimum atomic E-state index is -0.258. The first-order chi connectivity index (χ1) is 7.59. The number of rotatable bonds is 7. The average molecular weight is 228 g/mol. The van der Waals surface area contributed by atoms with Crippen molar-refractivity contribution in [2.45, 2.75) is 57.6 Å². The molecule has 3 atom stereocenters. The molecule has 1 saturated carbocycles. The zero-order valence-electron chi connectivity index (χ0n) is 10.1. The Kier molecular flexibility index (Phi) is 5.77. The number of aliphatic hydroxyl groups excluding tert-OH is 1. The first-order valence-corrected chi connectivity index (χ1v) is 6.29. The van der Waals surface area contributed by atoms with Gasteiger partial charge in [-0.05, 0) is 45.1 Å². The van der Waals surface area contributed by atoms with Crippen molar-refractivity contribution in [2.75, 3.05) is 6.54 Å². The average Bonchev–Trinajstić information content (AvgIpc) is 2.58. The molecule has 0 saturated heterocycles. The molecule has 1 aliphatic rings. The van der Waals surface area contributed by atoms with Crippen molar-refractivity contribution in [1.29, 1.82) is 0 Å². The number of hydrogen-bond donors (Lipinski definition) is 3. The van der Waals surface area contributed by atoms with Gasteiger partial charge in [0.15, 0.2) is 0 Å². The zero-order chi connectivity index (χ0) is 12.0. The highest BCUT2D eigenvalue weighted by molar-refractivity contribution is 5.74. The van der Waals surface area contributed by atoms with Crippen molar-refractivity contribution in [3.05, 3.63) is 0 Å². The second-order valence-electron chi connectivity index (χ2n) is 4.93. The van der Waals surface area contributed by atoms with Crippen molar-refractivity contribution >= 4 is 5.91 Å². The molecule has 0 spiro atoms. The molecule has 16 heavy (non-hydrogen) atoms. The molecule has 0 aromatic heterocycles. The van der Waals surface area contributed by atoms with E-state index in [-0.39, 0.29) is 18.1 Å². The molecule has 1 amide bonds. The highest BCUT2D eigenvalue weighted by Crippen LogP contribution is 2.28. The van der Waals surface area contributed by atoms with Crippen molar-refractivity contribution < 1.29 is 9.90 Å². The first kappa shape index (κ1) is 13.5. The molecule has 1 fully saturated rings. The summed E-state index contributed by atoms with van der Waals surface area (Å²) in [7, 11) is 0. The molecule has 0 radical (unpaired) electrons. The fraction of sp³-hybridized carbons (Fsp3) is 0.917. The minimum absolute atomic E-state index is 0.0805. The van der Waals surface area contributed by atoms with Crippen molar-refractivity contribution in [3.8, 4) is 0 Å². The van der Waals surface area contributed by atoms with Gasteiger partial charge in [0.25, 0.3) is 0 Å². The van der Waals surface area contributed by atoms with Crippen LogP contribution in [0.25, 0.3) is 0 Å². The van der Waals surface area contributed by atoms with Gasteiger partial charge in [-0.2, -0.15) is 0 Å². The third-order valence-electron chi connectivity index (χ3n) is 3.37. The van der Waals surface area contributed by atoms with Crippen LogP contribution in [0.3, 0.4) is 0 Å². The van der Waals surface area contributed by atoms with Gasteiger partial charge in [0.2, 0.25) is 5.91 Å². The minimum Gasteiger partial charge on any atom is -0.393 e. The van der Waals surface area contributed by atoms with E-state index in [9.17, 15) is 9.90 Å². The summed E-state index contributed by atoms with van der Waals surface area (Å²) in [6.07, 6.45) is 5.75. The van der Waals surface area contributed by atoms with Crippen molar-refractivity contribution in [2.24, 2.45) is 11.7 Å². The van der Waals surface area contributed by atoms with Crippen LogP contribution in [-0.4, -0.2) is 29.7 Å². The maximum atomic E-state index is 10.6. The van der Waals surface area contributed by atoms with Gasteiger partial charge >= 0.3 is 0 Å². The predicted molar refractivity (Wildman–Crippen MR) is 63.9 cm³/mol. The second kappa shape index (κ2) is 6.86. The molecule has 94 valence electrons. The van der Waals surface area contributed by atoms with Crippen LogP contribution in [0.5, 0.6) is 0 Å². The number of nitrogens with one attached hydrogen (secondary N) is 1. The molecule has 0 aromatic rings. The molecule has 0 aliphatic heterocycles. The lowest BCUT2D eigenvalue weighted by Crippen LogP contribution is -2.32. The van der Waals surface area contributed by atoms with Gasteiger partial charge in [0.05, 0.1) is 6.10 Å². The number of nitrogens with two attached hydrogens (primary N) is 1. The molecule has 1 rings (SSSR count). The van der Waals surface area contributed by atoms with Crippen molar-refractivity contribution in [1.82, 2.24) is 5.32 Å². The third-order valence-corrected chi connectivity index (χ3v) is 3.37. The lowest BCUT2D eigenvalue weighted by Gasteiger charge is -2.15. The van der Waals surface area contributed by atoms with E-state index < -0.39 is 0 Å². The lowest BCUT2D eigenvalue weighted by molar-refractivity contribution is -0.118. The maximum absolute atomic E-state index is 10.6.